The van der Waals surface area contributed by atoms with Crippen molar-refractivity contribution in [1.29, 1.82) is 0 Å². The highest BCUT2D eigenvalue weighted by Gasteiger charge is 2.28. The lowest BCUT2D eigenvalue weighted by molar-refractivity contribution is 0.0887. The van der Waals surface area contributed by atoms with Gasteiger partial charge in [-0.25, -0.2) is 0 Å². The third-order valence-corrected chi connectivity index (χ3v) is 5.36. The first-order chi connectivity index (χ1) is 10.6. The van der Waals surface area contributed by atoms with E-state index in [9.17, 15) is 0 Å². The molecule has 0 radical (unpaired) electrons. The molecule has 0 saturated carbocycles. The molecular weight excluding hydrogens is 298 g/mol. The Morgan fingerprint density at radius 3 is 3.05 bits per heavy atom. The maximum atomic E-state index is 5.73. The Morgan fingerprint density at radius 2 is 2.36 bits per heavy atom. The molecule has 0 aromatic heterocycles. The smallest absolute Gasteiger partial charge is 0.193 e. The van der Waals surface area contributed by atoms with Gasteiger partial charge in [-0.1, -0.05) is 0 Å². The Hall–Kier alpha value is -0.460. The van der Waals surface area contributed by atoms with Crippen LogP contribution in [0.5, 0.6) is 0 Å². The maximum Gasteiger partial charge on any atom is 0.193 e. The fraction of sp³-hybridized carbons (Fsp3) is 0.938. The van der Waals surface area contributed by atoms with Crippen LogP contribution < -0.4 is 5.32 Å². The predicted molar refractivity (Wildman–Crippen MR) is 93.8 cm³/mol. The molecule has 2 rings (SSSR count). The fourth-order valence-electron chi connectivity index (χ4n) is 2.87. The summed E-state index contributed by atoms with van der Waals surface area (Å²) in [6.45, 7) is 11.1. The van der Waals surface area contributed by atoms with E-state index in [0.717, 1.165) is 64.9 Å². The predicted octanol–water partition coefficient (Wildman–Crippen LogP) is 1.83. The first-order valence-electron chi connectivity index (χ1n) is 8.36. The summed E-state index contributed by atoms with van der Waals surface area (Å²) >= 11 is 2.04. The number of guanidine groups is 1. The average Bonchev–Trinajstić information content (AvgIpc) is 2.98. The summed E-state index contributed by atoms with van der Waals surface area (Å²) in [6.07, 6.45) is 2.16. The van der Waals surface area contributed by atoms with E-state index in [4.69, 9.17) is 9.47 Å². The maximum absolute atomic E-state index is 5.73. The van der Waals surface area contributed by atoms with Crippen LogP contribution in [0, 0.1) is 5.92 Å². The van der Waals surface area contributed by atoms with E-state index < -0.39 is 0 Å². The van der Waals surface area contributed by atoms with Crippen molar-refractivity contribution in [1.82, 2.24) is 10.2 Å². The van der Waals surface area contributed by atoms with Crippen LogP contribution in [0.3, 0.4) is 0 Å². The van der Waals surface area contributed by atoms with Gasteiger partial charge in [0, 0.05) is 56.3 Å². The molecule has 0 amide bonds. The minimum absolute atomic E-state index is 0.308. The lowest BCUT2D eigenvalue weighted by atomic mass is 10.1. The van der Waals surface area contributed by atoms with Crippen molar-refractivity contribution in [3.05, 3.63) is 0 Å². The average molecular weight is 330 g/mol. The van der Waals surface area contributed by atoms with Gasteiger partial charge in [-0.05, 0) is 26.7 Å². The van der Waals surface area contributed by atoms with Gasteiger partial charge in [0.1, 0.15) is 0 Å². The lowest BCUT2D eigenvalue weighted by Gasteiger charge is -2.39. The van der Waals surface area contributed by atoms with Crippen molar-refractivity contribution in [2.45, 2.75) is 31.4 Å². The van der Waals surface area contributed by atoms with Crippen molar-refractivity contribution in [3.63, 3.8) is 0 Å². The Morgan fingerprint density at radius 1 is 1.50 bits per heavy atom. The molecule has 0 aliphatic carbocycles. The number of nitrogens with zero attached hydrogens (tertiary/aromatic N) is 2. The summed E-state index contributed by atoms with van der Waals surface area (Å²) in [6, 6.07) is 0. The second kappa shape index (κ2) is 8.99. The molecule has 2 aliphatic heterocycles. The molecule has 5 nitrogen and oxygen atoms in total. The summed E-state index contributed by atoms with van der Waals surface area (Å²) in [5.74, 6) is 2.80. The van der Waals surface area contributed by atoms with Crippen LogP contribution in [0.1, 0.15) is 26.7 Å². The molecule has 2 fully saturated rings. The van der Waals surface area contributed by atoms with Crippen LogP contribution >= 0.6 is 11.8 Å². The summed E-state index contributed by atoms with van der Waals surface area (Å²) < 4.78 is 11.4. The van der Waals surface area contributed by atoms with Crippen molar-refractivity contribution in [2.75, 3.05) is 58.9 Å². The monoisotopic (exact) mass is 329 g/mol. The minimum Gasteiger partial charge on any atom is -0.381 e. The Labute approximate surface area is 139 Å². The van der Waals surface area contributed by atoms with Crippen LogP contribution in [-0.4, -0.2) is 74.5 Å². The molecule has 1 atom stereocenters. The van der Waals surface area contributed by atoms with Gasteiger partial charge in [0.2, 0.25) is 0 Å². The quantitative estimate of drug-likeness (QED) is 0.458. The number of aliphatic imine (C=N–C) groups is 1. The van der Waals surface area contributed by atoms with Gasteiger partial charge in [-0.15, -0.1) is 0 Å². The Balaban J connectivity index is 1.58. The van der Waals surface area contributed by atoms with E-state index in [0.29, 0.717) is 10.7 Å². The Kier molecular flexibility index (Phi) is 7.31. The van der Waals surface area contributed by atoms with Gasteiger partial charge in [0.05, 0.1) is 13.2 Å². The largest absolute Gasteiger partial charge is 0.381 e. The lowest BCUT2D eigenvalue weighted by Crippen LogP contribution is -2.51. The van der Waals surface area contributed by atoms with Gasteiger partial charge >= 0.3 is 0 Å². The molecule has 2 heterocycles. The van der Waals surface area contributed by atoms with Crippen molar-refractivity contribution in [2.24, 2.45) is 10.9 Å². The minimum atomic E-state index is 0.308. The number of hydrogen-bond donors (Lipinski definition) is 1. The van der Waals surface area contributed by atoms with Crippen LogP contribution in [0.4, 0.5) is 0 Å². The normalized spacial score (nSPS) is 25.5. The second-order valence-electron chi connectivity index (χ2n) is 6.66. The second-order valence-corrected chi connectivity index (χ2v) is 8.46. The molecule has 0 spiro atoms. The first kappa shape index (κ1) is 17.9. The fourth-order valence-corrected chi connectivity index (χ4v) is 3.98. The van der Waals surface area contributed by atoms with E-state index >= 15 is 0 Å². The number of thioether (sulfide) groups is 1. The van der Waals surface area contributed by atoms with Gasteiger partial charge in [-0.3, -0.25) is 4.99 Å². The first-order valence-corrected chi connectivity index (χ1v) is 9.34. The summed E-state index contributed by atoms with van der Waals surface area (Å²) in [4.78, 5) is 6.79. The topological polar surface area (TPSA) is 46.1 Å². The van der Waals surface area contributed by atoms with Gasteiger partial charge in [0.15, 0.2) is 5.96 Å². The summed E-state index contributed by atoms with van der Waals surface area (Å²) in [7, 11) is 1.87. The molecule has 2 aliphatic rings. The highest BCUT2D eigenvalue weighted by molar-refractivity contribution is 8.00. The number of nitrogens with one attached hydrogen (secondary N) is 1. The molecule has 22 heavy (non-hydrogen) atoms. The molecule has 0 aromatic carbocycles. The number of rotatable bonds is 6. The molecule has 0 bridgehead atoms. The zero-order valence-electron chi connectivity index (χ0n) is 14.3. The van der Waals surface area contributed by atoms with E-state index in [1.54, 1.807) is 0 Å². The van der Waals surface area contributed by atoms with Crippen LogP contribution in [0.25, 0.3) is 0 Å². The molecule has 0 aromatic rings. The third-order valence-electron chi connectivity index (χ3n) is 4.06. The summed E-state index contributed by atoms with van der Waals surface area (Å²) in [5.41, 5.74) is 0. The number of hydrogen-bond acceptors (Lipinski definition) is 4. The highest BCUT2D eigenvalue weighted by Crippen LogP contribution is 2.29. The molecule has 2 saturated heterocycles. The molecule has 128 valence electrons. The van der Waals surface area contributed by atoms with Crippen LogP contribution in [0.15, 0.2) is 4.99 Å². The van der Waals surface area contributed by atoms with Crippen molar-refractivity contribution >= 4 is 17.7 Å². The van der Waals surface area contributed by atoms with E-state index in [1.807, 2.05) is 18.8 Å². The molecule has 6 heteroatoms. The van der Waals surface area contributed by atoms with E-state index in [1.165, 1.54) is 5.75 Å². The van der Waals surface area contributed by atoms with Gasteiger partial charge in [0.25, 0.3) is 0 Å². The zero-order valence-corrected chi connectivity index (χ0v) is 15.1. The Bertz CT molecular complexity index is 357. The van der Waals surface area contributed by atoms with Gasteiger partial charge < -0.3 is 19.7 Å². The number of ether oxygens (including phenoxy) is 2. The standard InChI is InChI=1S/C16H31N3O2S/c1-16(2)13-19(7-10-22-16)15(17-3)18-6-4-8-20-11-14-5-9-21-12-14/h14H,4-13H2,1-3H3,(H,17,18). The highest BCUT2D eigenvalue weighted by atomic mass is 32.2. The molecule has 1 N–H and O–H groups in total. The zero-order chi connectivity index (χ0) is 15.8. The van der Waals surface area contributed by atoms with E-state index in [-0.39, 0.29) is 0 Å². The van der Waals surface area contributed by atoms with Crippen molar-refractivity contribution in [3.8, 4) is 0 Å². The molecular formula is C16H31N3O2S. The van der Waals surface area contributed by atoms with E-state index in [2.05, 4.69) is 29.1 Å². The van der Waals surface area contributed by atoms with Gasteiger partial charge in [-0.2, -0.15) is 11.8 Å². The molecule has 1 unspecified atom stereocenters. The SMILES string of the molecule is CN=C(NCCCOCC1CCOC1)N1CCSC(C)(C)C1. The van der Waals surface area contributed by atoms with Crippen LogP contribution in [0.2, 0.25) is 0 Å². The summed E-state index contributed by atoms with van der Waals surface area (Å²) in [5, 5.41) is 3.47. The van der Waals surface area contributed by atoms with Crippen molar-refractivity contribution < 1.29 is 9.47 Å². The third kappa shape index (κ3) is 5.97. The van der Waals surface area contributed by atoms with Crippen LogP contribution in [-0.2, 0) is 9.47 Å².